The quantitative estimate of drug-likeness (QED) is 0.269. The number of halogens is 6. The number of pyridine rings is 1. The number of rotatable bonds is 11. The molecule has 0 unspecified atom stereocenters. The number of ether oxygens (including phenoxy) is 1. The van der Waals surface area contributed by atoms with Crippen LogP contribution in [0.15, 0.2) is 36.0 Å². The molecule has 1 aliphatic heterocycles. The summed E-state index contributed by atoms with van der Waals surface area (Å²) in [7, 11) is 0. The van der Waals surface area contributed by atoms with Crippen molar-refractivity contribution in [2.45, 2.75) is 44.4 Å². The first-order valence-corrected chi connectivity index (χ1v) is 13.0. The highest BCUT2D eigenvalue weighted by atomic mass is 35.5. The molecule has 1 aliphatic carbocycles. The lowest BCUT2D eigenvalue weighted by Gasteiger charge is -2.45. The highest BCUT2D eigenvalue weighted by Gasteiger charge is 2.52. The molecular weight excluding hydrogens is 545 g/mol. The van der Waals surface area contributed by atoms with Gasteiger partial charge in [0.25, 0.3) is 0 Å². The topological polar surface area (TPSA) is 74.7 Å². The Hall–Kier alpha value is -2.76. The maximum absolute atomic E-state index is 15.5. The summed E-state index contributed by atoms with van der Waals surface area (Å²) in [5, 5.41) is 12.2. The summed E-state index contributed by atoms with van der Waals surface area (Å²) in [4.78, 5) is 16.6. The van der Waals surface area contributed by atoms with Gasteiger partial charge in [-0.2, -0.15) is 13.2 Å². The van der Waals surface area contributed by atoms with Crippen molar-refractivity contribution >= 4 is 23.1 Å². The van der Waals surface area contributed by atoms with Crippen LogP contribution in [0.5, 0.6) is 5.88 Å². The molecule has 0 saturated heterocycles. The molecule has 4 rings (SSSR count). The number of aromatic nitrogens is 1. The number of carboxylic acids is 1. The second kappa shape index (κ2) is 12.2. The van der Waals surface area contributed by atoms with Crippen molar-refractivity contribution in [2.75, 3.05) is 32.9 Å². The van der Waals surface area contributed by atoms with Gasteiger partial charge in [0.15, 0.2) is 0 Å². The summed E-state index contributed by atoms with van der Waals surface area (Å²) in [5.74, 6) is -3.51. The molecule has 1 aromatic heterocycles. The SMILES string of the molecule is C[C@@H](CN1[C@H](C(F)(F)F)CC2=C(Cc3ccccc32)[C@H]1c1c(F)cnc(OCCNCCCF)c1Cl)C(=O)O. The van der Waals surface area contributed by atoms with E-state index in [-0.39, 0.29) is 29.5 Å². The van der Waals surface area contributed by atoms with E-state index in [1.807, 2.05) is 6.07 Å². The third kappa shape index (κ3) is 6.20. The molecule has 212 valence electrons. The van der Waals surface area contributed by atoms with Gasteiger partial charge in [0.2, 0.25) is 5.88 Å². The van der Waals surface area contributed by atoms with Gasteiger partial charge in [-0.05, 0) is 48.1 Å². The average molecular weight is 574 g/mol. The van der Waals surface area contributed by atoms with Crippen LogP contribution in [0.3, 0.4) is 0 Å². The lowest BCUT2D eigenvalue weighted by Crippen LogP contribution is -2.52. The molecule has 0 radical (unpaired) electrons. The largest absolute Gasteiger partial charge is 0.481 e. The molecule has 6 nitrogen and oxygen atoms in total. The maximum atomic E-state index is 15.5. The Morgan fingerprint density at radius 1 is 1.31 bits per heavy atom. The van der Waals surface area contributed by atoms with Gasteiger partial charge in [0, 0.05) is 18.7 Å². The number of nitrogens with zero attached hydrogens (tertiary/aromatic N) is 2. The molecule has 0 fully saturated rings. The minimum Gasteiger partial charge on any atom is -0.481 e. The van der Waals surface area contributed by atoms with Crippen molar-refractivity contribution in [3.8, 4) is 5.88 Å². The number of fused-ring (bicyclic) bond motifs is 2. The first kappa shape index (κ1) is 29.2. The van der Waals surface area contributed by atoms with Gasteiger partial charge in [-0.15, -0.1) is 0 Å². The summed E-state index contributed by atoms with van der Waals surface area (Å²) in [6, 6.07) is 3.71. The lowest BCUT2D eigenvalue weighted by molar-refractivity contribution is -0.191. The maximum Gasteiger partial charge on any atom is 0.404 e. The van der Waals surface area contributed by atoms with Crippen LogP contribution < -0.4 is 10.1 Å². The van der Waals surface area contributed by atoms with Gasteiger partial charge in [-0.1, -0.05) is 42.8 Å². The van der Waals surface area contributed by atoms with Gasteiger partial charge >= 0.3 is 12.1 Å². The summed E-state index contributed by atoms with van der Waals surface area (Å²) in [5.41, 5.74) is 2.24. The molecule has 12 heteroatoms. The Morgan fingerprint density at radius 2 is 2.05 bits per heavy atom. The van der Waals surface area contributed by atoms with Crippen molar-refractivity contribution in [3.63, 3.8) is 0 Å². The van der Waals surface area contributed by atoms with E-state index in [2.05, 4.69) is 10.3 Å². The molecule has 2 N–H and O–H groups in total. The third-order valence-electron chi connectivity index (χ3n) is 7.11. The Kier molecular flexibility index (Phi) is 9.13. The van der Waals surface area contributed by atoms with Crippen LogP contribution in [0.4, 0.5) is 22.0 Å². The van der Waals surface area contributed by atoms with Crippen molar-refractivity contribution in [1.29, 1.82) is 0 Å². The van der Waals surface area contributed by atoms with Crippen molar-refractivity contribution in [2.24, 2.45) is 5.92 Å². The Balaban J connectivity index is 1.79. The van der Waals surface area contributed by atoms with E-state index in [0.29, 0.717) is 36.2 Å². The van der Waals surface area contributed by atoms with E-state index in [1.165, 1.54) is 6.92 Å². The minimum atomic E-state index is -4.73. The highest BCUT2D eigenvalue weighted by Crippen LogP contribution is 2.53. The summed E-state index contributed by atoms with van der Waals surface area (Å²) in [6.45, 7) is 1.15. The van der Waals surface area contributed by atoms with E-state index in [0.717, 1.165) is 16.7 Å². The van der Waals surface area contributed by atoms with Crippen molar-refractivity contribution < 1.29 is 36.6 Å². The van der Waals surface area contributed by atoms with Gasteiger partial charge in [-0.25, -0.2) is 9.37 Å². The second-order valence-electron chi connectivity index (χ2n) is 9.72. The van der Waals surface area contributed by atoms with Crippen LogP contribution in [0, 0.1) is 11.7 Å². The normalized spacial score (nSPS) is 20.1. The number of alkyl halides is 4. The van der Waals surface area contributed by atoms with Crippen LogP contribution in [0.25, 0.3) is 5.57 Å². The zero-order chi connectivity index (χ0) is 28.3. The number of hydrogen-bond acceptors (Lipinski definition) is 5. The van der Waals surface area contributed by atoms with Crippen molar-refractivity contribution in [3.05, 3.63) is 63.6 Å². The average Bonchev–Trinajstić information content (AvgIpc) is 3.25. The fraction of sp³-hybridized carbons (Fsp3) is 0.481. The third-order valence-corrected chi connectivity index (χ3v) is 7.47. The van der Waals surface area contributed by atoms with Crippen LogP contribution in [0.2, 0.25) is 5.02 Å². The van der Waals surface area contributed by atoms with E-state index in [1.54, 1.807) is 18.2 Å². The molecule has 2 aromatic rings. The highest BCUT2D eigenvalue weighted by molar-refractivity contribution is 6.32. The molecule has 3 atom stereocenters. The summed E-state index contributed by atoms with van der Waals surface area (Å²) < 4.78 is 77.0. The van der Waals surface area contributed by atoms with Crippen molar-refractivity contribution in [1.82, 2.24) is 15.2 Å². The first-order valence-electron chi connectivity index (χ1n) is 12.6. The van der Waals surface area contributed by atoms with Gasteiger partial charge < -0.3 is 15.2 Å². The van der Waals surface area contributed by atoms with Gasteiger partial charge in [0.05, 0.1) is 24.8 Å². The van der Waals surface area contributed by atoms with E-state index in [9.17, 15) is 27.5 Å². The van der Waals surface area contributed by atoms with E-state index >= 15 is 4.39 Å². The molecule has 1 aromatic carbocycles. The zero-order valence-corrected chi connectivity index (χ0v) is 22.0. The summed E-state index contributed by atoms with van der Waals surface area (Å²) >= 11 is 6.59. The van der Waals surface area contributed by atoms with Gasteiger partial charge in [0.1, 0.15) is 23.5 Å². The Morgan fingerprint density at radius 3 is 2.74 bits per heavy atom. The lowest BCUT2D eigenvalue weighted by atomic mass is 9.83. The van der Waals surface area contributed by atoms with Gasteiger partial charge in [-0.3, -0.25) is 14.1 Å². The molecule has 0 saturated carbocycles. The first-order chi connectivity index (χ1) is 18.5. The summed E-state index contributed by atoms with van der Waals surface area (Å²) in [6.07, 6.45) is -3.67. The standard InChI is InChI=1S/C27H29ClF5N3O3/c1-15(26(37)38)14-36-21(27(31,32)33)12-18-17-6-3-2-5-16(17)11-19(18)24(36)22-20(30)13-35-25(23(22)28)39-10-9-34-8-4-7-29/h2-3,5-6,13,15,21,24,34H,4,7-12,14H2,1H3,(H,37,38)/t15-,21-,24-/m0/s1. The van der Waals surface area contributed by atoms with Crippen LogP contribution >= 0.6 is 11.6 Å². The molecular formula is C27H29ClF5N3O3. The minimum absolute atomic E-state index is 0.0546. The van der Waals surface area contributed by atoms with E-state index < -0.39 is 55.6 Å². The molecule has 39 heavy (non-hydrogen) atoms. The zero-order valence-electron chi connectivity index (χ0n) is 21.2. The fourth-order valence-corrected chi connectivity index (χ4v) is 5.56. The van der Waals surface area contributed by atoms with Crippen LogP contribution in [-0.2, 0) is 11.2 Å². The second-order valence-corrected chi connectivity index (χ2v) is 10.1. The molecule has 0 amide bonds. The molecule has 0 spiro atoms. The fourth-order valence-electron chi connectivity index (χ4n) is 5.27. The molecule has 2 aliphatic rings. The van der Waals surface area contributed by atoms with Crippen LogP contribution in [-0.4, -0.2) is 66.1 Å². The number of nitrogens with one attached hydrogen (secondary N) is 1. The van der Waals surface area contributed by atoms with Crippen LogP contribution in [0.1, 0.15) is 42.5 Å². The number of carboxylic acid groups (broad SMARTS) is 1. The number of benzene rings is 1. The number of aliphatic carboxylic acids is 1. The molecule has 2 heterocycles. The Labute approximate surface area is 227 Å². The monoisotopic (exact) mass is 573 g/mol. The predicted molar refractivity (Wildman–Crippen MR) is 136 cm³/mol. The predicted octanol–water partition coefficient (Wildman–Crippen LogP) is 5.61. The molecule has 0 bridgehead atoms. The van der Waals surface area contributed by atoms with E-state index in [4.69, 9.17) is 16.3 Å². The number of hydrogen-bond donors (Lipinski definition) is 2. The smallest absolute Gasteiger partial charge is 0.404 e. The number of carbonyl (C=O) groups is 1. The Bertz CT molecular complexity index is 1240.